The largest absolute Gasteiger partial charge is 0.573 e. The number of hydrogen-bond acceptors (Lipinski definition) is 2. The van der Waals surface area contributed by atoms with Gasteiger partial charge in [0.2, 0.25) is 0 Å². The number of halogens is 3. The fourth-order valence-electron chi connectivity index (χ4n) is 2.79. The van der Waals surface area contributed by atoms with Crippen LogP contribution in [-0.2, 0) is 6.54 Å². The molecule has 0 radical (unpaired) electrons. The number of ether oxygens (including phenoxy) is 1. The number of benzene rings is 2. The highest BCUT2D eigenvalue weighted by atomic mass is 19.4. The Morgan fingerprint density at radius 1 is 1.20 bits per heavy atom. The van der Waals surface area contributed by atoms with Crippen molar-refractivity contribution in [1.82, 2.24) is 4.57 Å². The predicted molar refractivity (Wildman–Crippen MR) is 88.5 cm³/mol. The fourth-order valence-corrected chi connectivity index (χ4v) is 2.79. The molecule has 25 heavy (non-hydrogen) atoms. The second-order valence-corrected chi connectivity index (χ2v) is 5.67. The number of terminal acetylenes is 1. The summed E-state index contributed by atoms with van der Waals surface area (Å²) in [5.74, 6) is 2.37. The first-order chi connectivity index (χ1) is 11.8. The lowest BCUT2D eigenvalue weighted by Gasteiger charge is -2.10. The molecular weight excluding hydrogens is 331 g/mol. The average molecular weight is 345 g/mol. The first-order valence-electron chi connectivity index (χ1n) is 7.40. The van der Waals surface area contributed by atoms with Gasteiger partial charge in [-0.2, -0.15) is 0 Å². The Hall–Kier alpha value is -3.07. The highest BCUT2D eigenvalue weighted by Crippen LogP contribution is 2.32. The monoisotopic (exact) mass is 345 g/mol. The van der Waals surface area contributed by atoms with Crippen molar-refractivity contribution in [1.29, 1.82) is 0 Å². The molecule has 1 N–H and O–H groups in total. The topological polar surface area (TPSA) is 34.4 Å². The van der Waals surface area contributed by atoms with Gasteiger partial charge in [-0.1, -0.05) is 18.1 Å². The van der Waals surface area contributed by atoms with E-state index in [-0.39, 0.29) is 11.6 Å². The molecule has 1 heterocycles. The van der Waals surface area contributed by atoms with E-state index in [9.17, 15) is 18.3 Å². The van der Waals surface area contributed by atoms with Gasteiger partial charge in [-0.3, -0.25) is 0 Å². The summed E-state index contributed by atoms with van der Waals surface area (Å²) in [5, 5.41) is 12.0. The van der Waals surface area contributed by atoms with Crippen molar-refractivity contribution in [2.24, 2.45) is 0 Å². The second kappa shape index (κ2) is 6.10. The summed E-state index contributed by atoms with van der Waals surface area (Å²) in [6.45, 7) is 2.16. The van der Waals surface area contributed by atoms with E-state index in [1.165, 1.54) is 24.3 Å². The Bertz CT molecular complexity index is 963. The molecule has 0 atom stereocenters. The summed E-state index contributed by atoms with van der Waals surface area (Å²) in [6, 6.07) is 9.14. The van der Waals surface area contributed by atoms with Crippen molar-refractivity contribution >= 4 is 10.8 Å². The number of aromatic hydroxyl groups is 1. The molecule has 1 aromatic heterocycles. The van der Waals surface area contributed by atoms with Gasteiger partial charge in [0.25, 0.3) is 0 Å². The van der Waals surface area contributed by atoms with Gasteiger partial charge < -0.3 is 14.4 Å². The smallest absolute Gasteiger partial charge is 0.494 e. The van der Waals surface area contributed by atoms with Crippen molar-refractivity contribution in [3.05, 3.63) is 59.3 Å². The molecule has 0 saturated heterocycles. The normalized spacial score (nSPS) is 11.5. The third-order valence-corrected chi connectivity index (χ3v) is 3.83. The van der Waals surface area contributed by atoms with E-state index >= 15 is 0 Å². The van der Waals surface area contributed by atoms with Crippen LogP contribution in [0.25, 0.3) is 10.8 Å². The van der Waals surface area contributed by atoms with E-state index in [4.69, 9.17) is 6.42 Å². The molecule has 6 heteroatoms. The van der Waals surface area contributed by atoms with Crippen LogP contribution in [-0.4, -0.2) is 16.0 Å². The van der Waals surface area contributed by atoms with Crippen molar-refractivity contribution in [3.63, 3.8) is 0 Å². The van der Waals surface area contributed by atoms with Crippen molar-refractivity contribution in [2.45, 2.75) is 19.8 Å². The maximum absolute atomic E-state index is 12.2. The van der Waals surface area contributed by atoms with Gasteiger partial charge in [0.15, 0.2) is 5.88 Å². The van der Waals surface area contributed by atoms with Crippen LogP contribution in [0.2, 0.25) is 0 Å². The summed E-state index contributed by atoms with van der Waals surface area (Å²) < 4.78 is 42.0. The summed E-state index contributed by atoms with van der Waals surface area (Å²) in [6.07, 6.45) is 2.47. The molecule has 0 fully saturated rings. The number of nitrogens with zero attached hydrogens (tertiary/aromatic N) is 1. The standard InChI is InChI=1S/C19H14F3NO2/c1-3-13-8-12(2)17-15(9-13)11-23(18(17)24)10-14-4-6-16(7-5-14)25-19(20,21)22/h1,4-9,11,24H,10H2,2H3. The maximum Gasteiger partial charge on any atom is 0.573 e. The molecule has 0 aliphatic carbocycles. The SMILES string of the molecule is C#Cc1cc(C)c2c(O)n(Cc3ccc(OC(F)(F)F)cc3)cc2c1. The van der Waals surface area contributed by atoms with E-state index in [1.807, 2.05) is 13.0 Å². The minimum atomic E-state index is -4.72. The molecule has 0 spiro atoms. The zero-order valence-corrected chi connectivity index (χ0v) is 13.3. The van der Waals surface area contributed by atoms with Gasteiger partial charge in [0.1, 0.15) is 5.75 Å². The highest BCUT2D eigenvalue weighted by Gasteiger charge is 2.30. The molecule has 128 valence electrons. The molecule has 3 rings (SSSR count). The third-order valence-electron chi connectivity index (χ3n) is 3.83. The molecule has 0 unspecified atom stereocenters. The van der Waals surface area contributed by atoms with E-state index in [2.05, 4.69) is 10.7 Å². The van der Waals surface area contributed by atoms with Gasteiger partial charge in [-0.25, -0.2) is 0 Å². The third kappa shape index (κ3) is 3.56. The van der Waals surface area contributed by atoms with Crippen LogP contribution < -0.4 is 4.74 Å². The maximum atomic E-state index is 12.2. The summed E-state index contributed by atoms with van der Waals surface area (Å²) >= 11 is 0. The van der Waals surface area contributed by atoms with Crippen molar-refractivity contribution in [3.8, 4) is 24.0 Å². The van der Waals surface area contributed by atoms with Crippen LogP contribution in [0.3, 0.4) is 0 Å². The molecule has 0 aliphatic rings. The number of hydrogen-bond donors (Lipinski definition) is 1. The highest BCUT2D eigenvalue weighted by molar-refractivity contribution is 5.92. The molecule has 0 amide bonds. The van der Waals surface area contributed by atoms with Gasteiger partial charge in [0.05, 0.1) is 6.54 Å². The van der Waals surface area contributed by atoms with Crippen LogP contribution in [0, 0.1) is 19.3 Å². The van der Waals surface area contributed by atoms with Gasteiger partial charge >= 0.3 is 6.36 Å². The van der Waals surface area contributed by atoms with Crippen LogP contribution in [0.1, 0.15) is 16.7 Å². The lowest BCUT2D eigenvalue weighted by atomic mass is 10.1. The Balaban J connectivity index is 1.89. The lowest BCUT2D eigenvalue weighted by Crippen LogP contribution is -2.17. The minimum Gasteiger partial charge on any atom is -0.494 e. The van der Waals surface area contributed by atoms with E-state index in [0.717, 1.165) is 22.1 Å². The molecule has 3 aromatic rings. The molecule has 0 bridgehead atoms. The zero-order chi connectivity index (χ0) is 18.2. The predicted octanol–water partition coefficient (Wildman–Crippen LogP) is 4.58. The van der Waals surface area contributed by atoms with Crippen molar-refractivity contribution < 1.29 is 23.0 Å². The van der Waals surface area contributed by atoms with Gasteiger partial charge in [0, 0.05) is 22.5 Å². The molecule has 0 aliphatic heterocycles. The lowest BCUT2D eigenvalue weighted by molar-refractivity contribution is -0.274. The Morgan fingerprint density at radius 3 is 2.48 bits per heavy atom. The fraction of sp³-hybridized carbons (Fsp3) is 0.158. The first kappa shape index (κ1) is 16.8. The van der Waals surface area contributed by atoms with Crippen molar-refractivity contribution in [2.75, 3.05) is 0 Å². The minimum absolute atomic E-state index is 0.0895. The number of rotatable bonds is 3. The zero-order valence-electron chi connectivity index (χ0n) is 13.3. The Morgan fingerprint density at radius 2 is 1.88 bits per heavy atom. The van der Waals surface area contributed by atoms with Gasteiger partial charge in [-0.05, 0) is 42.3 Å². The number of fused-ring (bicyclic) bond motifs is 1. The van der Waals surface area contributed by atoms with Crippen LogP contribution in [0.5, 0.6) is 11.6 Å². The van der Waals surface area contributed by atoms with E-state index < -0.39 is 6.36 Å². The number of aryl methyl sites for hydroxylation is 1. The molecule has 0 saturated carbocycles. The van der Waals surface area contributed by atoms with Crippen LogP contribution in [0.4, 0.5) is 13.2 Å². The summed E-state index contributed by atoms with van der Waals surface area (Å²) in [7, 11) is 0. The number of alkyl halides is 3. The second-order valence-electron chi connectivity index (χ2n) is 5.67. The summed E-state index contributed by atoms with van der Waals surface area (Å²) in [4.78, 5) is 0. The van der Waals surface area contributed by atoms with E-state index in [0.29, 0.717) is 11.9 Å². The molecule has 3 nitrogen and oxygen atoms in total. The van der Waals surface area contributed by atoms with Gasteiger partial charge in [-0.15, -0.1) is 19.6 Å². The van der Waals surface area contributed by atoms with Crippen LogP contribution in [0.15, 0.2) is 42.6 Å². The quantitative estimate of drug-likeness (QED) is 0.705. The molecule has 2 aromatic carbocycles. The molecular formula is C19H14F3NO2. The Kier molecular flexibility index (Phi) is 4.09. The van der Waals surface area contributed by atoms with E-state index in [1.54, 1.807) is 16.8 Å². The average Bonchev–Trinajstić information content (AvgIpc) is 2.84. The first-order valence-corrected chi connectivity index (χ1v) is 7.40. The Labute approximate surface area is 142 Å². The van der Waals surface area contributed by atoms with Crippen LogP contribution >= 0.6 is 0 Å². The number of aromatic nitrogens is 1. The summed E-state index contributed by atoms with van der Waals surface area (Å²) in [5.41, 5.74) is 2.30.